The van der Waals surface area contributed by atoms with Crippen molar-refractivity contribution in [2.45, 2.75) is 0 Å². The number of aromatic nitrogens is 1. The van der Waals surface area contributed by atoms with E-state index in [0.29, 0.717) is 5.02 Å². The Morgan fingerprint density at radius 2 is 1.64 bits per heavy atom. The number of thiazole rings is 1. The van der Waals surface area contributed by atoms with Gasteiger partial charge in [0.15, 0.2) is 0 Å². The van der Waals surface area contributed by atoms with E-state index >= 15 is 0 Å². The number of hydrogen-bond donors (Lipinski definition) is 0. The van der Waals surface area contributed by atoms with Gasteiger partial charge in [-0.15, -0.1) is 11.3 Å². The molecule has 28 heavy (non-hydrogen) atoms. The quantitative estimate of drug-likeness (QED) is 0.269. The van der Waals surface area contributed by atoms with Gasteiger partial charge in [0, 0.05) is 16.0 Å². The molecule has 0 unspecified atom stereocenters. The zero-order valence-corrected chi connectivity index (χ0v) is 16.2. The molecule has 138 valence electrons. The van der Waals surface area contributed by atoms with Crippen LogP contribution in [0.1, 0.15) is 5.56 Å². The summed E-state index contributed by atoms with van der Waals surface area (Å²) in [4.78, 5) is 4.74. The number of rotatable bonds is 5. The van der Waals surface area contributed by atoms with Crippen molar-refractivity contribution >= 4 is 40.0 Å². The van der Waals surface area contributed by atoms with Gasteiger partial charge in [-0.1, -0.05) is 54.1 Å². The van der Waals surface area contributed by atoms with Gasteiger partial charge >= 0.3 is 0 Å². The first-order valence-electron chi connectivity index (χ1n) is 8.55. The second-order valence-corrected chi connectivity index (χ2v) is 7.24. The molecule has 0 aliphatic carbocycles. The third kappa shape index (κ3) is 4.27. The van der Waals surface area contributed by atoms with Crippen molar-refractivity contribution in [2.75, 3.05) is 5.01 Å². The molecule has 0 bridgehead atoms. The van der Waals surface area contributed by atoms with E-state index in [1.165, 1.54) is 23.5 Å². The predicted molar refractivity (Wildman–Crippen MR) is 115 cm³/mol. The number of para-hydroxylation sites is 1. The van der Waals surface area contributed by atoms with E-state index in [9.17, 15) is 4.39 Å². The van der Waals surface area contributed by atoms with Crippen LogP contribution in [0, 0.1) is 5.82 Å². The lowest BCUT2D eigenvalue weighted by atomic mass is 10.2. The molecule has 0 saturated carbocycles. The highest BCUT2D eigenvalue weighted by Crippen LogP contribution is 2.32. The van der Waals surface area contributed by atoms with E-state index < -0.39 is 0 Å². The van der Waals surface area contributed by atoms with Gasteiger partial charge in [0.2, 0.25) is 5.13 Å². The molecule has 0 atom stereocenters. The standard InChI is InChI=1S/C22H15ClFN3S/c23-18-10-8-17(9-11-18)21-15-28-22(26-21)27(20-4-2-1-3-5-20)25-14-16-6-12-19(24)13-7-16/h1-15H. The Labute approximate surface area is 171 Å². The van der Waals surface area contributed by atoms with Crippen LogP contribution in [-0.4, -0.2) is 11.2 Å². The lowest BCUT2D eigenvalue weighted by molar-refractivity contribution is 0.628. The fourth-order valence-electron chi connectivity index (χ4n) is 2.58. The van der Waals surface area contributed by atoms with Crippen molar-refractivity contribution in [2.24, 2.45) is 5.10 Å². The molecule has 4 rings (SSSR count). The molecule has 1 heterocycles. The Bertz CT molecular complexity index is 1080. The summed E-state index contributed by atoms with van der Waals surface area (Å²) >= 11 is 7.47. The Hall–Kier alpha value is -3.02. The molecule has 0 N–H and O–H groups in total. The fraction of sp³-hybridized carbons (Fsp3) is 0. The Balaban J connectivity index is 1.68. The number of nitrogens with zero attached hydrogens (tertiary/aromatic N) is 3. The molecule has 0 fully saturated rings. The Morgan fingerprint density at radius 3 is 2.36 bits per heavy atom. The summed E-state index contributed by atoms with van der Waals surface area (Å²) in [6.07, 6.45) is 1.69. The molecule has 6 heteroatoms. The SMILES string of the molecule is Fc1ccc(C=NN(c2ccccc2)c2nc(-c3ccc(Cl)cc3)cs2)cc1. The molecule has 0 radical (unpaired) electrons. The highest BCUT2D eigenvalue weighted by molar-refractivity contribution is 7.14. The first kappa shape index (κ1) is 18.3. The average molecular weight is 408 g/mol. The van der Waals surface area contributed by atoms with Crippen LogP contribution < -0.4 is 5.01 Å². The summed E-state index contributed by atoms with van der Waals surface area (Å²) in [5, 5.41) is 9.78. The summed E-state index contributed by atoms with van der Waals surface area (Å²) < 4.78 is 13.1. The third-order valence-corrected chi connectivity index (χ3v) is 5.07. The minimum atomic E-state index is -0.274. The summed E-state index contributed by atoms with van der Waals surface area (Å²) in [6.45, 7) is 0. The van der Waals surface area contributed by atoms with Crippen LogP contribution in [-0.2, 0) is 0 Å². The monoisotopic (exact) mass is 407 g/mol. The summed E-state index contributed by atoms with van der Waals surface area (Å²) in [6, 6.07) is 23.5. The topological polar surface area (TPSA) is 28.5 Å². The van der Waals surface area contributed by atoms with Crippen molar-refractivity contribution in [1.29, 1.82) is 0 Å². The van der Waals surface area contributed by atoms with Gasteiger partial charge in [0.05, 0.1) is 17.6 Å². The fourth-order valence-corrected chi connectivity index (χ4v) is 3.52. The molecular formula is C22H15ClFN3S. The van der Waals surface area contributed by atoms with E-state index in [0.717, 1.165) is 27.6 Å². The molecule has 0 aliphatic rings. The van der Waals surface area contributed by atoms with E-state index in [-0.39, 0.29) is 5.82 Å². The second kappa shape index (κ2) is 8.33. The second-order valence-electron chi connectivity index (χ2n) is 5.97. The number of anilines is 2. The summed E-state index contributed by atoms with van der Waals surface area (Å²) in [7, 11) is 0. The number of halogens is 2. The first-order chi connectivity index (χ1) is 13.7. The number of hydrazone groups is 1. The van der Waals surface area contributed by atoms with Gasteiger partial charge < -0.3 is 0 Å². The van der Waals surface area contributed by atoms with Gasteiger partial charge in [-0.05, 0) is 42.0 Å². The van der Waals surface area contributed by atoms with Gasteiger partial charge in [-0.2, -0.15) is 5.10 Å². The zero-order chi connectivity index (χ0) is 19.3. The maximum atomic E-state index is 13.1. The zero-order valence-electron chi connectivity index (χ0n) is 14.7. The van der Waals surface area contributed by atoms with Crippen LogP contribution >= 0.6 is 22.9 Å². The van der Waals surface area contributed by atoms with Crippen molar-refractivity contribution in [3.05, 3.63) is 101 Å². The van der Waals surface area contributed by atoms with E-state index in [1.807, 2.05) is 60.0 Å². The Morgan fingerprint density at radius 1 is 0.929 bits per heavy atom. The van der Waals surface area contributed by atoms with Gasteiger partial charge in [0.1, 0.15) is 5.82 Å². The van der Waals surface area contributed by atoms with Crippen LogP contribution in [0.25, 0.3) is 11.3 Å². The number of benzene rings is 3. The molecule has 0 spiro atoms. The highest BCUT2D eigenvalue weighted by Gasteiger charge is 2.13. The molecule has 1 aromatic heterocycles. The van der Waals surface area contributed by atoms with Crippen molar-refractivity contribution in [3.63, 3.8) is 0 Å². The molecule has 3 aromatic carbocycles. The molecule has 0 saturated heterocycles. The van der Waals surface area contributed by atoms with Crippen molar-refractivity contribution in [3.8, 4) is 11.3 Å². The van der Waals surface area contributed by atoms with Crippen LogP contribution in [0.3, 0.4) is 0 Å². The van der Waals surface area contributed by atoms with Crippen molar-refractivity contribution in [1.82, 2.24) is 4.98 Å². The number of hydrogen-bond acceptors (Lipinski definition) is 4. The van der Waals surface area contributed by atoms with Gasteiger partial charge in [-0.3, -0.25) is 0 Å². The molecule has 4 aromatic rings. The normalized spacial score (nSPS) is 11.1. The molecule has 3 nitrogen and oxygen atoms in total. The van der Waals surface area contributed by atoms with Gasteiger partial charge in [-0.25, -0.2) is 14.4 Å². The molecule has 0 aliphatic heterocycles. The lowest BCUT2D eigenvalue weighted by Gasteiger charge is -2.15. The minimum absolute atomic E-state index is 0.274. The minimum Gasteiger partial charge on any atom is -0.218 e. The van der Waals surface area contributed by atoms with Crippen LogP contribution in [0.5, 0.6) is 0 Å². The van der Waals surface area contributed by atoms with E-state index in [1.54, 1.807) is 23.4 Å². The van der Waals surface area contributed by atoms with Crippen LogP contribution in [0.15, 0.2) is 89.3 Å². The average Bonchev–Trinajstić information content (AvgIpc) is 3.21. The first-order valence-corrected chi connectivity index (χ1v) is 9.81. The molecule has 0 amide bonds. The van der Waals surface area contributed by atoms with Crippen LogP contribution in [0.4, 0.5) is 15.2 Å². The Kier molecular flexibility index (Phi) is 5.46. The summed E-state index contributed by atoms with van der Waals surface area (Å²) in [5.41, 5.74) is 3.53. The van der Waals surface area contributed by atoms with E-state index in [4.69, 9.17) is 16.6 Å². The maximum Gasteiger partial charge on any atom is 0.211 e. The van der Waals surface area contributed by atoms with Gasteiger partial charge in [0.25, 0.3) is 0 Å². The van der Waals surface area contributed by atoms with Crippen molar-refractivity contribution < 1.29 is 4.39 Å². The van der Waals surface area contributed by atoms with Crippen LogP contribution in [0.2, 0.25) is 5.02 Å². The third-order valence-electron chi connectivity index (χ3n) is 4.01. The summed E-state index contributed by atoms with van der Waals surface area (Å²) in [5.74, 6) is -0.274. The molecular weight excluding hydrogens is 393 g/mol. The smallest absolute Gasteiger partial charge is 0.211 e. The maximum absolute atomic E-state index is 13.1. The van der Waals surface area contributed by atoms with E-state index in [2.05, 4.69) is 5.10 Å². The highest BCUT2D eigenvalue weighted by atomic mass is 35.5. The predicted octanol–water partition coefficient (Wildman–Crippen LogP) is 6.77. The lowest BCUT2D eigenvalue weighted by Crippen LogP contribution is -2.09. The largest absolute Gasteiger partial charge is 0.218 e.